The second kappa shape index (κ2) is 4.70. The average molecular weight is 227 g/mol. The van der Waals surface area contributed by atoms with Gasteiger partial charge in [-0.05, 0) is 27.3 Å². The first-order chi connectivity index (χ1) is 6.58. The number of methoxy groups -OCH3 is 1. The molecule has 0 aromatic carbocycles. The first kappa shape index (κ1) is 14.7. The number of hydrogen-bond donors (Lipinski definition) is 1. The van der Waals surface area contributed by atoms with E-state index in [1.165, 1.54) is 7.11 Å². The molecule has 0 bridgehead atoms. The molecule has 0 aliphatic rings. The van der Waals surface area contributed by atoms with Crippen LogP contribution in [-0.2, 0) is 4.74 Å². The molecule has 0 aromatic rings. The van der Waals surface area contributed by atoms with Crippen LogP contribution in [0.15, 0.2) is 0 Å². The molecule has 0 aliphatic carbocycles. The molecule has 0 aromatic heterocycles. The van der Waals surface area contributed by atoms with E-state index in [4.69, 9.17) is 4.74 Å². The highest BCUT2D eigenvalue weighted by molar-refractivity contribution is 4.95. The summed E-state index contributed by atoms with van der Waals surface area (Å²) < 4.78 is 43.6. The smallest absolute Gasteiger partial charge is 0.379 e. The Morgan fingerprint density at radius 1 is 1.13 bits per heavy atom. The molecule has 0 saturated carbocycles. The topological polar surface area (TPSA) is 21.3 Å². The van der Waals surface area contributed by atoms with Crippen LogP contribution in [0, 0.1) is 0 Å². The molecule has 0 saturated heterocycles. The van der Waals surface area contributed by atoms with Crippen LogP contribution < -0.4 is 5.32 Å². The van der Waals surface area contributed by atoms with Gasteiger partial charge in [-0.3, -0.25) is 0 Å². The maximum atomic E-state index is 12.8. The van der Waals surface area contributed by atoms with Gasteiger partial charge in [0, 0.05) is 13.5 Å². The molecule has 1 atom stereocenters. The highest BCUT2D eigenvalue weighted by atomic mass is 19.4. The number of nitrogens with one attached hydrogen (secondary N) is 1. The third kappa shape index (κ3) is 3.99. The summed E-state index contributed by atoms with van der Waals surface area (Å²) in [7, 11) is 1.42. The van der Waals surface area contributed by atoms with E-state index in [-0.39, 0.29) is 13.0 Å². The average Bonchev–Trinajstić information content (AvgIpc) is 2.01. The Hall–Kier alpha value is -0.290. The molecule has 1 N–H and O–H groups in total. The fourth-order valence-corrected chi connectivity index (χ4v) is 1.58. The molecule has 0 spiro atoms. The van der Waals surface area contributed by atoms with E-state index in [9.17, 15) is 13.2 Å². The second-order valence-electron chi connectivity index (χ2n) is 4.50. The lowest BCUT2D eigenvalue weighted by Crippen LogP contribution is -2.57. The monoisotopic (exact) mass is 227 g/mol. The zero-order chi connectivity index (χ0) is 12.3. The third-order valence-electron chi connectivity index (χ3n) is 2.52. The fourth-order valence-electron chi connectivity index (χ4n) is 1.58. The van der Waals surface area contributed by atoms with Gasteiger partial charge in [0.15, 0.2) is 0 Å². The molecule has 0 amide bonds. The van der Waals surface area contributed by atoms with Crippen LogP contribution in [0.5, 0.6) is 0 Å². The van der Waals surface area contributed by atoms with Crippen LogP contribution in [-0.4, -0.2) is 31.0 Å². The largest absolute Gasteiger partial charge is 0.406 e. The number of rotatable bonds is 5. The van der Waals surface area contributed by atoms with Gasteiger partial charge in [-0.1, -0.05) is 6.92 Å². The summed E-state index contributed by atoms with van der Waals surface area (Å²) in [5.74, 6) is 0. The molecular weight excluding hydrogens is 207 g/mol. The van der Waals surface area contributed by atoms with Gasteiger partial charge in [0.2, 0.25) is 0 Å². The molecule has 2 nitrogen and oxygen atoms in total. The van der Waals surface area contributed by atoms with E-state index in [0.717, 1.165) is 6.92 Å². The van der Waals surface area contributed by atoms with E-state index in [1.54, 1.807) is 20.8 Å². The normalized spacial score (nSPS) is 17.6. The zero-order valence-electron chi connectivity index (χ0n) is 9.96. The summed E-state index contributed by atoms with van der Waals surface area (Å²) in [6.07, 6.45) is -4.40. The van der Waals surface area contributed by atoms with Crippen molar-refractivity contribution in [1.82, 2.24) is 5.32 Å². The number of halogens is 3. The van der Waals surface area contributed by atoms with Crippen LogP contribution in [0.3, 0.4) is 0 Å². The number of alkyl halides is 3. The lowest BCUT2D eigenvalue weighted by atomic mass is 9.87. The second-order valence-corrected chi connectivity index (χ2v) is 4.50. The minimum absolute atomic E-state index is 0.117. The van der Waals surface area contributed by atoms with Crippen molar-refractivity contribution in [3.8, 4) is 0 Å². The molecular formula is C10H20F3NO. The van der Waals surface area contributed by atoms with E-state index in [2.05, 4.69) is 5.32 Å². The molecule has 5 heteroatoms. The maximum Gasteiger partial charge on any atom is 0.406 e. The van der Waals surface area contributed by atoms with E-state index >= 15 is 0 Å². The van der Waals surface area contributed by atoms with Crippen molar-refractivity contribution in [2.24, 2.45) is 0 Å². The lowest BCUT2D eigenvalue weighted by molar-refractivity contribution is -0.205. The Morgan fingerprint density at radius 2 is 1.60 bits per heavy atom. The Balaban J connectivity index is 4.82. The van der Waals surface area contributed by atoms with Gasteiger partial charge in [-0.2, -0.15) is 13.2 Å². The van der Waals surface area contributed by atoms with Crippen molar-refractivity contribution < 1.29 is 17.9 Å². The van der Waals surface area contributed by atoms with Gasteiger partial charge in [-0.25, -0.2) is 0 Å². The summed E-state index contributed by atoms with van der Waals surface area (Å²) in [6, 6.07) is 0. The molecule has 0 rings (SSSR count). The van der Waals surface area contributed by atoms with Crippen molar-refractivity contribution in [3.63, 3.8) is 0 Å². The van der Waals surface area contributed by atoms with Crippen molar-refractivity contribution in [3.05, 3.63) is 0 Å². The Labute approximate surface area is 89.2 Å². The van der Waals surface area contributed by atoms with Gasteiger partial charge in [0.1, 0.15) is 5.54 Å². The Morgan fingerprint density at radius 3 is 1.87 bits per heavy atom. The first-order valence-electron chi connectivity index (χ1n) is 4.95. The predicted molar refractivity (Wildman–Crippen MR) is 53.8 cm³/mol. The quantitative estimate of drug-likeness (QED) is 0.779. The zero-order valence-corrected chi connectivity index (χ0v) is 9.96. The van der Waals surface area contributed by atoms with Gasteiger partial charge in [0.05, 0.1) is 5.60 Å². The molecule has 0 heterocycles. The van der Waals surface area contributed by atoms with Crippen molar-refractivity contribution in [1.29, 1.82) is 0 Å². The summed E-state index contributed by atoms with van der Waals surface area (Å²) >= 11 is 0. The molecule has 92 valence electrons. The van der Waals surface area contributed by atoms with Gasteiger partial charge < -0.3 is 10.1 Å². The van der Waals surface area contributed by atoms with Crippen molar-refractivity contribution in [2.45, 2.75) is 51.4 Å². The van der Waals surface area contributed by atoms with Crippen LogP contribution in [0.4, 0.5) is 13.2 Å². The molecule has 0 radical (unpaired) electrons. The van der Waals surface area contributed by atoms with Crippen molar-refractivity contribution >= 4 is 0 Å². The predicted octanol–water partition coefficient (Wildman–Crippen LogP) is 2.73. The SMILES string of the molecule is CCNC(C)(CC(C)(C)OC)C(F)(F)F. The highest BCUT2D eigenvalue weighted by Gasteiger charge is 2.52. The molecule has 0 aliphatic heterocycles. The van der Waals surface area contributed by atoms with E-state index < -0.39 is 17.3 Å². The minimum Gasteiger partial charge on any atom is -0.379 e. The van der Waals surface area contributed by atoms with E-state index in [0.29, 0.717) is 0 Å². The van der Waals surface area contributed by atoms with Crippen LogP contribution in [0.2, 0.25) is 0 Å². The molecule has 15 heavy (non-hydrogen) atoms. The summed E-state index contributed by atoms with van der Waals surface area (Å²) in [5.41, 5.74) is -2.70. The molecule has 0 fully saturated rings. The standard InChI is InChI=1S/C10H20F3NO/c1-6-14-9(4,10(11,12)13)7-8(2,3)15-5/h14H,6-7H2,1-5H3. The van der Waals surface area contributed by atoms with Crippen LogP contribution in [0.25, 0.3) is 0 Å². The Kier molecular flexibility index (Phi) is 4.61. The van der Waals surface area contributed by atoms with Crippen LogP contribution >= 0.6 is 0 Å². The number of ether oxygens (including phenoxy) is 1. The molecule has 1 unspecified atom stereocenters. The first-order valence-corrected chi connectivity index (χ1v) is 4.95. The maximum absolute atomic E-state index is 12.8. The van der Waals surface area contributed by atoms with Gasteiger partial charge >= 0.3 is 6.18 Å². The van der Waals surface area contributed by atoms with Crippen molar-refractivity contribution in [2.75, 3.05) is 13.7 Å². The van der Waals surface area contributed by atoms with Gasteiger partial charge in [-0.15, -0.1) is 0 Å². The summed E-state index contributed by atoms with van der Waals surface area (Å²) in [6.45, 7) is 6.39. The summed E-state index contributed by atoms with van der Waals surface area (Å²) in [5, 5.41) is 2.48. The van der Waals surface area contributed by atoms with Crippen LogP contribution in [0.1, 0.15) is 34.1 Å². The lowest BCUT2D eigenvalue weighted by Gasteiger charge is -2.38. The van der Waals surface area contributed by atoms with Gasteiger partial charge in [0.25, 0.3) is 0 Å². The highest BCUT2D eigenvalue weighted by Crippen LogP contribution is 2.36. The summed E-state index contributed by atoms with van der Waals surface area (Å²) in [4.78, 5) is 0. The third-order valence-corrected chi connectivity index (χ3v) is 2.52. The fraction of sp³-hybridized carbons (Fsp3) is 1.00. The minimum atomic E-state index is -4.28. The number of hydrogen-bond acceptors (Lipinski definition) is 2. The Bertz CT molecular complexity index is 203. The van der Waals surface area contributed by atoms with E-state index in [1.807, 2.05) is 0 Å².